The predicted octanol–water partition coefficient (Wildman–Crippen LogP) is 3.72. The van der Waals surface area contributed by atoms with Gasteiger partial charge in [0, 0.05) is 18.1 Å². The zero-order valence-corrected chi connectivity index (χ0v) is 12.9. The van der Waals surface area contributed by atoms with Gasteiger partial charge in [-0.3, -0.25) is 0 Å². The van der Waals surface area contributed by atoms with Crippen molar-refractivity contribution in [1.82, 2.24) is 4.31 Å². The molecule has 0 amide bonds. The Morgan fingerprint density at radius 2 is 1.55 bits per heavy atom. The summed E-state index contributed by atoms with van der Waals surface area (Å²) in [6.45, 7) is 1.86. The first kappa shape index (κ1) is 15.0. The predicted molar refractivity (Wildman–Crippen MR) is 81.3 cm³/mol. The first-order valence-electron chi connectivity index (χ1n) is 6.21. The van der Waals surface area contributed by atoms with Gasteiger partial charge in [-0.1, -0.05) is 41.9 Å². The lowest BCUT2D eigenvalue weighted by atomic mass is 10.1. The van der Waals surface area contributed by atoms with Gasteiger partial charge in [-0.25, -0.2) is 8.42 Å². The van der Waals surface area contributed by atoms with Crippen LogP contribution in [0.15, 0.2) is 59.5 Å². The van der Waals surface area contributed by atoms with Crippen LogP contribution in [0, 0.1) is 0 Å². The zero-order valence-electron chi connectivity index (χ0n) is 11.3. The van der Waals surface area contributed by atoms with Gasteiger partial charge >= 0.3 is 0 Å². The Hall–Kier alpha value is -1.36. The second-order valence-electron chi connectivity index (χ2n) is 4.56. The number of hydrogen-bond acceptors (Lipinski definition) is 2. The fourth-order valence-corrected chi connectivity index (χ4v) is 3.40. The second-order valence-corrected chi connectivity index (χ2v) is 7.00. The monoisotopic (exact) mass is 309 g/mol. The summed E-state index contributed by atoms with van der Waals surface area (Å²) in [5, 5.41) is 0.516. The lowest BCUT2D eigenvalue weighted by Crippen LogP contribution is -2.29. The molecule has 2 rings (SSSR count). The van der Waals surface area contributed by atoms with Crippen LogP contribution in [-0.4, -0.2) is 19.8 Å². The molecule has 5 heteroatoms. The third-order valence-corrected chi connectivity index (χ3v) is 5.51. The highest BCUT2D eigenvalue weighted by molar-refractivity contribution is 7.89. The molecule has 20 heavy (non-hydrogen) atoms. The van der Waals surface area contributed by atoms with Crippen LogP contribution in [0.25, 0.3) is 0 Å². The number of rotatable bonds is 4. The third kappa shape index (κ3) is 3.03. The molecule has 0 saturated heterocycles. The van der Waals surface area contributed by atoms with Crippen molar-refractivity contribution < 1.29 is 8.42 Å². The molecule has 0 saturated carbocycles. The maximum atomic E-state index is 12.5. The molecule has 0 aliphatic heterocycles. The van der Waals surface area contributed by atoms with E-state index < -0.39 is 10.0 Å². The van der Waals surface area contributed by atoms with Crippen molar-refractivity contribution in [2.75, 3.05) is 7.05 Å². The summed E-state index contributed by atoms with van der Waals surface area (Å²) in [6.07, 6.45) is 0. The van der Waals surface area contributed by atoms with Gasteiger partial charge in [-0.2, -0.15) is 4.31 Å². The Morgan fingerprint density at radius 3 is 2.10 bits per heavy atom. The maximum Gasteiger partial charge on any atom is 0.243 e. The number of hydrogen-bond donors (Lipinski definition) is 0. The van der Waals surface area contributed by atoms with Crippen molar-refractivity contribution >= 4 is 21.6 Å². The van der Waals surface area contributed by atoms with Gasteiger partial charge in [0.2, 0.25) is 10.0 Å². The zero-order chi connectivity index (χ0) is 14.8. The summed E-state index contributed by atoms with van der Waals surface area (Å²) >= 11 is 5.79. The highest BCUT2D eigenvalue weighted by atomic mass is 35.5. The molecular weight excluding hydrogens is 294 g/mol. The molecule has 0 aliphatic carbocycles. The number of sulfonamides is 1. The van der Waals surface area contributed by atoms with Crippen molar-refractivity contribution in [2.24, 2.45) is 0 Å². The fraction of sp³-hybridized carbons (Fsp3) is 0.200. The van der Waals surface area contributed by atoms with Crippen LogP contribution in [-0.2, 0) is 10.0 Å². The average molecular weight is 310 g/mol. The van der Waals surface area contributed by atoms with Crippen LogP contribution in [0.2, 0.25) is 5.02 Å². The Bertz CT molecular complexity index is 669. The van der Waals surface area contributed by atoms with E-state index >= 15 is 0 Å². The summed E-state index contributed by atoms with van der Waals surface area (Å²) in [5.41, 5.74) is 0.951. The van der Waals surface area contributed by atoms with E-state index in [1.54, 1.807) is 19.2 Å². The van der Waals surface area contributed by atoms with E-state index in [4.69, 9.17) is 11.6 Å². The summed E-state index contributed by atoms with van der Waals surface area (Å²) < 4.78 is 26.4. The molecule has 0 N–H and O–H groups in total. The van der Waals surface area contributed by atoms with Crippen LogP contribution in [0.4, 0.5) is 0 Å². The first-order chi connectivity index (χ1) is 9.43. The van der Waals surface area contributed by atoms with Crippen molar-refractivity contribution in [1.29, 1.82) is 0 Å². The molecule has 106 valence electrons. The molecule has 2 aromatic carbocycles. The quantitative estimate of drug-likeness (QED) is 0.863. The Morgan fingerprint density at radius 1 is 1.00 bits per heavy atom. The summed E-state index contributed by atoms with van der Waals surface area (Å²) in [6, 6.07) is 15.5. The lowest BCUT2D eigenvalue weighted by molar-refractivity contribution is 0.398. The third-order valence-electron chi connectivity index (χ3n) is 3.32. The molecule has 0 aromatic heterocycles. The van der Waals surface area contributed by atoms with Crippen molar-refractivity contribution in [3.63, 3.8) is 0 Å². The number of nitrogens with zero attached hydrogens (tertiary/aromatic N) is 1. The average Bonchev–Trinajstić information content (AvgIpc) is 2.47. The fourth-order valence-electron chi connectivity index (χ4n) is 1.92. The molecule has 0 aliphatic rings. The van der Waals surface area contributed by atoms with Crippen LogP contribution in [0.5, 0.6) is 0 Å². The van der Waals surface area contributed by atoms with Crippen molar-refractivity contribution in [2.45, 2.75) is 17.9 Å². The van der Waals surface area contributed by atoms with Gasteiger partial charge in [0.15, 0.2) is 0 Å². The topological polar surface area (TPSA) is 37.4 Å². The van der Waals surface area contributed by atoms with Crippen LogP contribution >= 0.6 is 11.6 Å². The van der Waals surface area contributed by atoms with Gasteiger partial charge < -0.3 is 0 Å². The van der Waals surface area contributed by atoms with Gasteiger partial charge in [-0.05, 0) is 36.8 Å². The normalized spacial score (nSPS) is 13.4. The van der Waals surface area contributed by atoms with Gasteiger partial charge in [0.05, 0.1) is 4.90 Å². The van der Waals surface area contributed by atoms with E-state index in [0.29, 0.717) is 5.02 Å². The van der Waals surface area contributed by atoms with Gasteiger partial charge in [-0.15, -0.1) is 0 Å². The summed E-state index contributed by atoms with van der Waals surface area (Å²) in [4.78, 5) is 0.243. The van der Waals surface area contributed by atoms with E-state index in [2.05, 4.69) is 0 Å². The minimum absolute atomic E-state index is 0.239. The minimum Gasteiger partial charge on any atom is -0.207 e. The molecule has 0 heterocycles. The Labute approximate surface area is 124 Å². The van der Waals surface area contributed by atoms with Gasteiger partial charge in [0.1, 0.15) is 0 Å². The van der Waals surface area contributed by atoms with Crippen LogP contribution in [0.1, 0.15) is 18.5 Å². The van der Waals surface area contributed by atoms with Crippen LogP contribution < -0.4 is 0 Å². The van der Waals surface area contributed by atoms with Crippen LogP contribution in [0.3, 0.4) is 0 Å². The molecule has 2 aromatic rings. The van der Waals surface area contributed by atoms with E-state index in [0.717, 1.165) is 5.56 Å². The Balaban J connectivity index is 2.32. The van der Waals surface area contributed by atoms with E-state index in [9.17, 15) is 8.42 Å². The van der Waals surface area contributed by atoms with E-state index in [1.165, 1.54) is 16.4 Å². The highest BCUT2D eigenvalue weighted by Gasteiger charge is 2.25. The first-order valence-corrected chi connectivity index (χ1v) is 8.03. The molecule has 0 fully saturated rings. The second kappa shape index (κ2) is 5.95. The van der Waals surface area contributed by atoms with Gasteiger partial charge in [0.25, 0.3) is 0 Å². The maximum absolute atomic E-state index is 12.5. The molecule has 0 radical (unpaired) electrons. The lowest BCUT2D eigenvalue weighted by Gasteiger charge is -2.24. The summed E-state index contributed by atoms with van der Waals surface area (Å²) in [7, 11) is -1.94. The number of halogens is 1. The van der Waals surface area contributed by atoms with E-state index in [-0.39, 0.29) is 10.9 Å². The van der Waals surface area contributed by atoms with Crippen molar-refractivity contribution in [3.05, 3.63) is 65.2 Å². The molecule has 0 spiro atoms. The van der Waals surface area contributed by atoms with E-state index in [1.807, 2.05) is 37.3 Å². The SMILES string of the molecule is CC(c1ccccc1)N(C)S(=O)(=O)c1ccc(Cl)cc1. The molecule has 3 nitrogen and oxygen atoms in total. The largest absolute Gasteiger partial charge is 0.243 e. The Kier molecular flexibility index (Phi) is 4.48. The molecular formula is C15H16ClNO2S. The standard InChI is InChI=1S/C15H16ClNO2S/c1-12(13-6-4-3-5-7-13)17(2)20(18,19)15-10-8-14(16)9-11-15/h3-12H,1-2H3. The van der Waals surface area contributed by atoms with Crippen molar-refractivity contribution in [3.8, 4) is 0 Å². The molecule has 1 unspecified atom stereocenters. The highest BCUT2D eigenvalue weighted by Crippen LogP contribution is 2.26. The minimum atomic E-state index is -3.53. The summed E-state index contributed by atoms with van der Waals surface area (Å²) in [5.74, 6) is 0. The smallest absolute Gasteiger partial charge is 0.207 e. The molecule has 0 bridgehead atoms. The number of benzene rings is 2. The molecule has 1 atom stereocenters.